The molecule has 0 bridgehead atoms. The molecule has 2 aliphatic rings. The normalized spacial score (nSPS) is 25.8. The van der Waals surface area contributed by atoms with Crippen LogP contribution in [0.2, 0.25) is 0 Å². The summed E-state index contributed by atoms with van der Waals surface area (Å²) in [7, 11) is 0. The quantitative estimate of drug-likeness (QED) is 0.621. The second-order valence-electron chi connectivity index (χ2n) is 5.04. The van der Waals surface area contributed by atoms with Crippen molar-refractivity contribution >= 4 is 27.7 Å². The molecule has 1 saturated heterocycles. The molecule has 1 aromatic rings. The zero-order valence-corrected chi connectivity index (χ0v) is 12.0. The summed E-state index contributed by atoms with van der Waals surface area (Å²) in [6.07, 6.45) is 5.42. The summed E-state index contributed by atoms with van der Waals surface area (Å²) < 4.78 is 0.994. The number of allylic oxidation sites excluding steroid dienone is 2. The first kappa shape index (κ1) is 12.6. The van der Waals surface area contributed by atoms with Crippen molar-refractivity contribution in [3.05, 3.63) is 46.5 Å². The van der Waals surface area contributed by atoms with Crippen molar-refractivity contribution in [2.24, 2.45) is 11.8 Å². The van der Waals surface area contributed by atoms with Crippen LogP contribution in [0.4, 0.5) is 0 Å². The van der Waals surface area contributed by atoms with E-state index in [-0.39, 0.29) is 23.7 Å². The lowest BCUT2D eigenvalue weighted by atomic mass is 9.85. The predicted octanol–water partition coefficient (Wildman–Crippen LogP) is 2.90. The van der Waals surface area contributed by atoms with Crippen molar-refractivity contribution in [1.29, 1.82) is 0 Å². The molecule has 2 amide bonds. The summed E-state index contributed by atoms with van der Waals surface area (Å²) in [5, 5.41) is 0. The van der Waals surface area contributed by atoms with Gasteiger partial charge >= 0.3 is 0 Å². The summed E-state index contributed by atoms with van der Waals surface area (Å²) in [6.45, 7) is 0.387. The van der Waals surface area contributed by atoms with E-state index in [9.17, 15) is 9.59 Å². The zero-order chi connectivity index (χ0) is 13.4. The van der Waals surface area contributed by atoms with Crippen LogP contribution in [0.3, 0.4) is 0 Å². The summed E-state index contributed by atoms with van der Waals surface area (Å²) in [6, 6.07) is 7.72. The monoisotopic (exact) mass is 319 g/mol. The summed E-state index contributed by atoms with van der Waals surface area (Å²) in [5.74, 6) is -0.287. The molecule has 0 saturated carbocycles. The summed E-state index contributed by atoms with van der Waals surface area (Å²) in [5.41, 5.74) is 0.983. The molecular formula is C15H14BrNO2. The number of nitrogens with zero attached hydrogens (tertiary/aromatic N) is 1. The molecule has 3 rings (SSSR count). The smallest absolute Gasteiger partial charge is 0.233 e. The second-order valence-corrected chi connectivity index (χ2v) is 5.96. The van der Waals surface area contributed by atoms with E-state index >= 15 is 0 Å². The number of imide groups is 1. The molecule has 1 aromatic carbocycles. The molecule has 3 nitrogen and oxygen atoms in total. The molecule has 4 heteroatoms. The highest BCUT2D eigenvalue weighted by atomic mass is 79.9. The molecule has 1 aliphatic heterocycles. The number of halogens is 1. The van der Waals surface area contributed by atoms with Gasteiger partial charge in [0, 0.05) is 4.47 Å². The van der Waals surface area contributed by atoms with Crippen LogP contribution in [0, 0.1) is 11.8 Å². The van der Waals surface area contributed by atoms with E-state index in [0.29, 0.717) is 19.4 Å². The Balaban J connectivity index is 1.80. The lowest BCUT2D eigenvalue weighted by Crippen LogP contribution is -2.30. The molecule has 0 unspecified atom stereocenters. The SMILES string of the molecule is O=C1[C@H]2CC=CC[C@@H]2C(=O)N1Cc1ccc(Br)cc1. The first-order valence-corrected chi connectivity index (χ1v) is 7.21. The van der Waals surface area contributed by atoms with Gasteiger partial charge in [-0.3, -0.25) is 14.5 Å². The molecule has 0 N–H and O–H groups in total. The third-order valence-corrected chi connectivity index (χ3v) is 4.38. The molecule has 0 aromatic heterocycles. The highest BCUT2D eigenvalue weighted by molar-refractivity contribution is 9.10. The van der Waals surface area contributed by atoms with Gasteiger partial charge in [-0.1, -0.05) is 40.2 Å². The van der Waals surface area contributed by atoms with Gasteiger partial charge in [-0.2, -0.15) is 0 Å². The van der Waals surface area contributed by atoms with Gasteiger partial charge in [0.15, 0.2) is 0 Å². The number of benzene rings is 1. The Hall–Kier alpha value is -1.42. The molecule has 1 aliphatic carbocycles. The maximum absolute atomic E-state index is 12.3. The molecule has 98 valence electrons. The van der Waals surface area contributed by atoms with Gasteiger partial charge in [-0.15, -0.1) is 0 Å². The minimum atomic E-state index is -0.132. The Morgan fingerprint density at radius 1 is 1.00 bits per heavy atom. The number of fused-ring (bicyclic) bond motifs is 1. The molecule has 0 spiro atoms. The van der Waals surface area contributed by atoms with E-state index in [1.165, 1.54) is 4.90 Å². The topological polar surface area (TPSA) is 37.4 Å². The van der Waals surface area contributed by atoms with Crippen molar-refractivity contribution in [3.63, 3.8) is 0 Å². The lowest BCUT2D eigenvalue weighted by molar-refractivity contribution is -0.140. The number of hydrogen-bond donors (Lipinski definition) is 0. The van der Waals surface area contributed by atoms with Crippen molar-refractivity contribution < 1.29 is 9.59 Å². The maximum atomic E-state index is 12.3. The van der Waals surface area contributed by atoms with Gasteiger partial charge in [-0.05, 0) is 30.5 Å². The fraction of sp³-hybridized carbons (Fsp3) is 0.333. The summed E-state index contributed by atoms with van der Waals surface area (Å²) >= 11 is 3.38. The number of rotatable bonds is 2. The van der Waals surface area contributed by atoms with Gasteiger partial charge in [0.05, 0.1) is 18.4 Å². The number of carbonyl (C=O) groups excluding carboxylic acids is 2. The van der Waals surface area contributed by atoms with Gasteiger partial charge in [-0.25, -0.2) is 0 Å². The molecule has 19 heavy (non-hydrogen) atoms. The van der Waals surface area contributed by atoms with Crippen LogP contribution in [-0.4, -0.2) is 16.7 Å². The Morgan fingerprint density at radius 2 is 1.53 bits per heavy atom. The lowest BCUT2D eigenvalue weighted by Gasteiger charge is -2.14. The molecule has 2 atom stereocenters. The minimum absolute atomic E-state index is 0.0118. The largest absolute Gasteiger partial charge is 0.278 e. The van der Waals surface area contributed by atoms with Gasteiger partial charge < -0.3 is 0 Å². The van der Waals surface area contributed by atoms with Crippen molar-refractivity contribution in [2.75, 3.05) is 0 Å². The zero-order valence-electron chi connectivity index (χ0n) is 10.4. The first-order valence-electron chi connectivity index (χ1n) is 6.41. The van der Waals surface area contributed by atoms with E-state index in [1.54, 1.807) is 0 Å². The Morgan fingerprint density at radius 3 is 2.05 bits per heavy atom. The Kier molecular flexibility index (Phi) is 3.27. The number of carbonyl (C=O) groups is 2. The third kappa shape index (κ3) is 2.25. The van der Waals surface area contributed by atoms with Gasteiger partial charge in [0.25, 0.3) is 0 Å². The standard InChI is InChI=1S/C15H14BrNO2/c16-11-7-5-10(6-8-11)9-17-14(18)12-3-1-2-4-13(12)15(17)19/h1-2,5-8,12-13H,3-4,9H2/t12-,13-/m0/s1. The average molecular weight is 320 g/mol. The predicted molar refractivity (Wildman–Crippen MR) is 75.1 cm³/mol. The molecule has 1 heterocycles. The van der Waals surface area contributed by atoms with E-state index in [4.69, 9.17) is 0 Å². The van der Waals surface area contributed by atoms with Crippen LogP contribution < -0.4 is 0 Å². The van der Waals surface area contributed by atoms with E-state index in [1.807, 2.05) is 36.4 Å². The van der Waals surface area contributed by atoms with Gasteiger partial charge in [0.1, 0.15) is 0 Å². The van der Waals surface area contributed by atoms with Crippen LogP contribution >= 0.6 is 15.9 Å². The van der Waals surface area contributed by atoms with Crippen LogP contribution in [0.5, 0.6) is 0 Å². The Bertz CT molecular complexity index is 524. The fourth-order valence-corrected chi connectivity index (χ4v) is 3.06. The van der Waals surface area contributed by atoms with E-state index < -0.39 is 0 Å². The van der Waals surface area contributed by atoms with Crippen molar-refractivity contribution in [3.8, 4) is 0 Å². The second kappa shape index (κ2) is 4.93. The van der Waals surface area contributed by atoms with Crippen LogP contribution in [0.15, 0.2) is 40.9 Å². The maximum Gasteiger partial charge on any atom is 0.233 e. The van der Waals surface area contributed by atoms with E-state index in [2.05, 4.69) is 15.9 Å². The highest BCUT2D eigenvalue weighted by Crippen LogP contribution is 2.35. The number of amides is 2. The average Bonchev–Trinajstić information content (AvgIpc) is 2.67. The highest BCUT2D eigenvalue weighted by Gasteiger charge is 2.46. The fourth-order valence-electron chi connectivity index (χ4n) is 2.80. The molecule has 0 radical (unpaired) electrons. The van der Waals surface area contributed by atoms with Crippen molar-refractivity contribution in [2.45, 2.75) is 19.4 Å². The Labute approximate surface area is 120 Å². The van der Waals surface area contributed by atoms with Crippen LogP contribution in [0.1, 0.15) is 18.4 Å². The number of likely N-dealkylation sites (tertiary alicyclic amines) is 1. The summed E-state index contributed by atoms with van der Waals surface area (Å²) in [4.78, 5) is 26.0. The van der Waals surface area contributed by atoms with Gasteiger partial charge in [0.2, 0.25) is 11.8 Å². The van der Waals surface area contributed by atoms with Crippen molar-refractivity contribution in [1.82, 2.24) is 4.90 Å². The third-order valence-electron chi connectivity index (χ3n) is 3.85. The first-order chi connectivity index (χ1) is 9.16. The van der Waals surface area contributed by atoms with Crippen LogP contribution in [-0.2, 0) is 16.1 Å². The minimum Gasteiger partial charge on any atom is -0.278 e. The van der Waals surface area contributed by atoms with Crippen LogP contribution in [0.25, 0.3) is 0 Å². The number of hydrogen-bond acceptors (Lipinski definition) is 2. The molecule has 1 fully saturated rings. The van der Waals surface area contributed by atoms with E-state index in [0.717, 1.165) is 10.0 Å². The molecular weight excluding hydrogens is 306 g/mol.